The van der Waals surface area contributed by atoms with Gasteiger partial charge in [-0.05, 0) is 25.1 Å². The lowest BCUT2D eigenvalue weighted by Gasteiger charge is -2.07. The normalized spacial score (nSPS) is 10.2. The lowest BCUT2D eigenvalue weighted by Crippen LogP contribution is -2.22. The molecular weight excluding hydrogens is 242 g/mol. The van der Waals surface area contributed by atoms with E-state index in [0.29, 0.717) is 5.69 Å². The average Bonchev–Trinajstić information content (AvgIpc) is 2.63. The van der Waals surface area contributed by atoms with Crippen molar-refractivity contribution in [3.05, 3.63) is 59.0 Å². The topological polar surface area (TPSA) is 56.0 Å². The molecule has 19 heavy (non-hydrogen) atoms. The van der Waals surface area contributed by atoms with Crippen LogP contribution in [0.3, 0.4) is 0 Å². The summed E-state index contributed by atoms with van der Waals surface area (Å²) >= 11 is 0. The Labute approximate surface area is 110 Å². The third-order valence-corrected chi connectivity index (χ3v) is 2.99. The van der Waals surface area contributed by atoms with E-state index in [-0.39, 0.29) is 11.2 Å². The minimum Gasteiger partial charge on any atom is -0.316 e. The molecule has 0 atom stereocenters. The fourth-order valence-electron chi connectivity index (χ4n) is 1.89. The van der Waals surface area contributed by atoms with Crippen LogP contribution in [0.15, 0.2) is 47.8 Å². The molecule has 98 valence electrons. The van der Waals surface area contributed by atoms with Gasteiger partial charge in [0.25, 0.3) is 5.56 Å². The second kappa shape index (κ2) is 4.97. The summed E-state index contributed by atoms with van der Waals surface area (Å²) < 4.78 is 3.21. The first-order valence-corrected chi connectivity index (χ1v) is 5.83. The number of benzene rings is 1. The number of nitrogens with one attached hydrogen (secondary N) is 1. The first-order valence-electron chi connectivity index (χ1n) is 5.83. The van der Waals surface area contributed by atoms with Crippen LogP contribution < -0.4 is 10.9 Å². The fraction of sp³-hybridized carbons (Fsp3) is 0.143. The minimum absolute atomic E-state index is 0.263. The molecule has 1 heterocycles. The summed E-state index contributed by atoms with van der Waals surface area (Å²) in [6.07, 6.45) is 1.14. The highest BCUT2D eigenvalue weighted by Crippen LogP contribution is 2.13. The van der Waals surface area contributed by atoms with Crippen molar-refractivity contribution >= 4 is 11.6 Å². The van der Waals surface area contributed by atoms with Gasteiger partial charge in [-0.15, -0.1) is 0 Å². The van der Waals surface area contributed by atoms with Crippen LogP contribution in [-0.2, 0) is 11.8 Å². The number of anilines is 1. The van der Waals surface area contributed by atoms with Gasteiger partial charge in [0.2, 0.25) is 5.91 Å². The lowest BCUT2D eigenvalue weighted by molar-refractivity contribution is -0.111. The van der Waals surface area contributed by atoms with E-state index >= 15 is 0 Å². The van der Waals surface area contributed by atoms with Crippen LogP contribution in [0, 0.1) is 6.92 Å². The van der Waals surface area contributed by atoms with E-state index in [1.807, 2.05) is 30.3 Å². The number of para-hydroxylation sites is 1. The first kappa shape index (κ1) is 12.9. The quantitative estimate of drug-likeness (QED) is 0.849. The number of amides is 1. The Kier molecular flexibility index (Phi) is 3.37. The van der Waals surface area contributed by atoms with Crippen molar-refractivity contribution in [2.75, 3.05) is 5.32 Å². The summed E-state index contributed by atoms with van der Waals surface area (Å²) in [4.78, 5) is 23.7. The lowest BCUT2D eigenvalue weighted by atomic mass is 10.3. The Morgan fingerprint density at radius 3 is 2.53 bits per heavy atom. The van der Waals surface area contributed by atoms with Gasteiger partial charge in [0.15, 0.2) is 0 Å². The van der Waals surface area contributed by atoms with Gasteiger partial charge in [-0.1, -0.05) is 24.8 Å². The molecule has 1 amide bonds. The molecule has 1 N–H and O–H groups in total. The van der Waals surface area contributed by atoms with E-state index in [4.69, 9.17) is 0 Å². The summed E-state index contributed by atoms with van der Waals surface area (Å²) in [5.74, 6) is -0.397. The predicted molar refractivity (Wildman–Crippen MR) is 74.6 cm³/mol. The number of carbonyl (C=O) groups is 1. The van der Waals surface area contributed by atoms with Crippen molar-refractivity contribution in [1.82, 2.24) is 9.36 Å². The van der Waals surface area contributed by atoms with E-state index in [9.17, 15) is 9.59 Å². The molecule has 0 aliphatic heterocycles. The van der Waals surface area contributed by atoms with E-state index in [1.165, 1.54) is 4.68 Å². The maximum Gasteiger partial charge on any atom is 0.295 e. The van der Waals surface area contributed by atoms with Crippen LogP contribution in [0.1, 0.15) is 5.69 Å². The Bertz CT molecular complexity index is 681. The molecule has 1 aromatic carbocycles. The van der Waals surface area contributed by atoms with E-state index in [0.717, 1.165) is 11.8 Å². The predicted octanol–water partition coefficient (Wildman–Crippen LogP) is 1.61. The van der Waals surface area contributed by atoms with E-state index in [2.05, 4.69) is 11.9 Å². The first-order chi connectivity index (χ1) is 9.06. The van der Waals surface area contributed by atoms with Gasteiger partial charge in [0, 0.05) is 7.05 Å². The highest BCUT2D eigenvalue weighted by molar-refractivity contribution is 5.99. The molecule has 0 unspecified atom stereocenters. The maximum atomic E-state index is 12.4. The van der Waals surface area contributed by atoms with Gasteiger partial charge in [-0.25, -0.2) is 4.68 Å². The van der Waals surface area contributed by atoms with Crippen LogP contribution in [0.2, 0.25) is 0 Å². The Balaban J connectivity index is 2.59. The monoisotopic (exact) mass is 257 g/mol. The van der Waals surface area contributed by atoms with Crippen molar-refractivity contribution in [2.24, 2.45) is 7.05 Å². The number of carbonyl (C=O) groups excluding carboxylic acids is 1. The number of hydrogen-bond acceptors (Lipinski definition) is 2. The molecule has 0 aliphatic carbocycles. The zero-order valence-electron chi connectivity index (χ0n) is 10.9. The van der Waals surface area contributed by atoms with Crippen LogP contribution in [0.5, 0.6) is 0 Å². The van der Waals surface area contributed by atoms with Crippen LogP contribution >= 0.6 is 0 Å². The molecule has 0 saturated heterocycles. The highest BCUT2D eigenvalue weighted by atomic mass is 16.2. The van der Waals surface area contributed by atoms with Gasteiger partial charge in [-0.2, -0.15) is 0 Å². The largest absolute Gasteiger partial charge is 0.316 e. The molecule has 2 aromatic rings. The van der Waals surface area contributed by atoms with Crippen molar-refractivity contribution in [3.63, 3.8) is 0 Å². The molecule has 0 saturated carbocycles. The number of hydrogen-bond donors (Lipinski definition) is 1. The summed E-state index contributed by atoms with van der Waals surface area (Å²) in [5, 5.41) is 2.55. The Morgan fingerprint density at radius 2 is 1.95 bits per heavy atom. The minimum atomic E-state index is -0.397. The fourth-order valence-corrected chi connectivity index (χ4v) is 1.89. The number of aromatic nitrogens is 2. The molecular formula is C14H15N3O2. The zero-order valence-corrected chi connectivity index (χ0v) is 10.9. The summed E-state index contributed by atoms with van der Waals surface area (Å²) in [5.41, 5.74) is 1.44. The average molecular weight is 257 g/mol. The maximum absolute atomic E-state index is 12.4. The van der Waals surface area contributed by atoms with Crippen LogP contribution in [0.4, 0.5) is 5.69 Å². The summed E-state index contributed by atoms with van der Waals surface area (Å²) in [6, 6.07) is 9.25. The summed E-state index contributed by atoms with van der Waals surface area (Å²) in [7, 11) is 1.77. The molecule has 0 aliphatic rings. The standard InChI is InChI=1S/C14H15N3O2/c1-4-12(18)15-13-10(2)16(3)17(14(13)19)11-8-6-5-7-9-11/h4-9H,1H2,2-3H3,(H,15,18). The Hall–Kier alpha value is -2.56. The Morgan fingerprint density at radius 1 is 1.32 bits per heavy atom. The third kappa shape index (κ3) is 2.22. The van der Waals surface area contributed by atoms with Gasteiger partial charge in [-0.3, -0.25) is 14.3 Å². The van der Waals surface area contributed by atoms with E-state index in [1.54, 1.807) is 18.7 Å². The second-order valence-electron chi connectivity index (χ2n) is 4.13. The van der Waals surface area contributed by atoms with Gasteiger partial charge in [0.05, 0.1) is 11.4 Å². The molecule has 5 nitrogen and oxygen atoms in total. The highest BCUT2D eigenvalue weighted by Gasteiger charge is 2.16. The smallest absolute Gasteiger partial charge is 0.295 e. The molecule has 0 bridgehead atoms. The van der Waals surface area contributed by atoms with E-state index < -0.39 is 5.91 Å². The molecule has 1 aromatic heterocycles. The molecule has 2 rings (SSSR count). The van der Waals surface area contributed by atoms with Crippen molar-refractivity contribution in [3.8, 4) is 5.69 Å². The third-order valence-electron chi connectivity index (χ3n) is 2.99. The summed E-state index contributed by atoms with van der Waals surface area (Å²) in [6.45, 7) is 5.15. The molecule has 0 fully saturated rings. The zero-order chi connectivity index (χ0) is 14.0. The molecule has 5 heteroatoms. The molecule has 0 radical (unpaired) electrons. The van der Waals surface area contributed by atoms with Crippen molar-refractivity contribution < 1.29 is 4.79 Å². The van der Waals surface area contributed by atoms with Gasteiger partial charge in [0.1, 0.15) is 5.69 Å². The van der Waals surface area contributed by atoms with Crippen molar-refractivity contribution in [1.29, 1.82) is 0 Å². The van der Waals surface area contributed by atoms with Gasteiger partial charge < -0.3 is 5.32 Å². The molecule has 0 spiro atoms. The number of rotatable bonds is 3. The number of nitrogens with zero attached hydrogens (tertiary/aromatic N) is 2. The van der Waals surface area contributed by atoms with Gasteiger partial charge >= 0.3 is 0 Å². The second-order valence-corrected chi connectivity index (χ2v) is 4.13. The SMILES string of the molecule is C=CC(=O)Nc1c(C)n(C)n(-c2ccccc2)c1=O. The van der Waals surface area contributed by atoms with Crippen molar-refractivity contribution in [2.45, 2.75) is 6.92 Å². The van der Waals surface area contributed by atoms with Crippen LogP contribution in [-0.4, -0.2) is 15.3 Å². The van der Waals surface area contributed by atoms with Crippen LogP contribution in [0.25, 0.3) is 5.69 Å².